The predicted molar refractivity (Wildman–Crippen MR) is 50.2 cm³/mol. The van der Waals surface area contributed by atoms with Gasteiger partial charge in [0.25, 0.3) is 0 Å². The molecule has 0 fully saturated rings. The van der Waals surface area contributed by atoms with Crippen LogP contribution in [0.1, 0.15) is 58.3 Å². The maximum Gasteiger partial charge on any atom is 3.00 e. The molecule has 1 N–H and O–H groups in total. The summed E-state index contributed by atoms with van der Waals surface area (Å²) in [5.41, 5.74) is 0. The minimum absolute atomic E-state index is 0. The zero-order valence-corrected chi connectivity index (χ0v) is 9.98. The minimum atomic E-state index is -0.663. The molecule has 0 aliphatic carbocycles. The van der Waals surface area contributed by atoms with Gasteiger partial charge >= 0.3 is 25.4 Å². The van der Waals surface area contributed by atoms with Crippen molar-refractivity contribution in [2.75, 3.05) is 0 Å². The number of hydrogen-bond acceptors (Lipinski definition) is 1. The van der Waals surface area contributed by atoms with Crippen LogP contribution in [0.25, 0.3) is 0 Å². The van der Waals surface area contributed by atoms with Crippen molar-refractivity contribution >= 4 is 5.97 Å². The van der Waals surface area contributed by atoms with E-state index in [0.29, 0.717) is 6.42 Å². The van der Waals surface area contributed by atoms with Gasteiger partial charge in [0.05, 0.1) is 0 Å². The van der Waals surface area contributed by atoms with E-state index in [4.69, 9.17) is 5.11 Å². The molecule has 78 valence electrons. The predicted octanol–water partition coefficient (Wildman–Crippen LogP) is 3.21. The number of carboxylic acids is 1. The van der Waals surface area contributed by atoms with Gasteiger partial charge in [0, 0.05) is 6.42 Å². The third-order valence-corrected chi connectivity index (χ3v) is 1.99. The van der Waals surface area contributed by atoms with Crippen molar-refractivity contribution in [2.24, 2.45) is 0 Å². The van der Waals surface area contributed by atoms with Crippen LogP contribution in [0.2, 0.25) is 0 Å². The van der Waals surface area contributed by atoms with Gasteiger partial charge in [-0.05, 0) is 6.42 Å². The maximum atomic E-state index is 10.1. The first kappa shape index (κ1) is 15.6. The van der Waals surface area contributed by atoms with Gasteiger partial charge in [-0.1, -0.05) is 45.4 Å². The van der Waals surface area contributed by atoms with Crippen molar-refractivity contribution in [1.82, 2.24) is 0 Å². The number of carbonyl (C=O) groups is 1. The van der Waals surface area contributed by atoms with Gasteiger partial charge in [0.2, 0.25) is 0 Å². The Morgan fingerprint density at radius 3 is 1.92 bits per heavy atom. The Balaban J connectivity index is 0. The van der Waals surface area contributed by atoms with Gasteiger partial charge in [-0.3, -0.25) is 4.79 Å². The van der Waals surface area contributed by atoms with Crippen molar-refractivity contribution in [3.63, 3.8) is 0 Å². The van der Waals surface area contributed by atoms with Gasteiger partial charge in [-0.25, -0.2) is 0 Å². The molecule has 13 heavy (non-hydrogen) atoms. The number of hydrogen-bond donors (Lipinski definition) is 1. The monoisotopic (exact) mass is 275 g/mol. The molecule has 0 rings (SSSR count). The van der Waals surface area contributed by atoms with Crippen LogP contribution in [0.5, 0.6) is 0 Å². The standard InChI is InChI=1S/C10H20O2.Rh/c1-2-3-4-5-6-7-8-9-10(11)12;/h2-9H2,1H3,(H,11,12);/q;+3. The summed E-state index contributed by atoms with van der Waals surface area (Å²) in [6.45, 7) is 2.20. The fourth-order valence-electron chi connectivity index (χ4n) is 1.23. The molecule has 0 aliphatic rings. The Bertz CT molecular complexity index is 115. The summed E-state index contributed by atoms with van der Waals surface area (Å²) in [6, 6.07) is 0. The Labute approximate surface area is 93.9 Å². The third kappa shape index (κ3) is 14.9. The number of unbranched alkanes of at least 4 members (excludes halogenated alkanes) is 6. The minimum Gasteiger partial charge on any atom is -0.481 e. The van der Waals surface area contributed by atoms with E-state index in [1.165, 1.54) is 32.1 Å². The van der Waals surface area contributed by atoms with E-state index in [2.05, 4.69) is 6.92 Å². The number of rotatable bonds is 8. The quantitative estimate of drug-likeness (QED) is 0.545. The number of carboxylic acid groups (broad SMARTS) is 1. The van der Waals surface area contributed by atoms with Crippen molar-refractivity contribution in [2.45, 2.75) is 58.3 Å². The van der Waals surface area contributed by atoms with Crippen LogP contribution in [0.4, 0.5) is 0 Å². The summed E-state index contributed by atoms with van der Waals surface area (Å²) in [5.74, 6) is -0.663. The van der Waals surface area contributed by atoms with Crippen LogP contribution in [-0.2, 0) is 24.3 Å². The smallest absolute Gasteiger partial charge is 0.481 e. The normalized spacial score (nSPS) is 9.31. The molecule has 0 aromatic carbocycles. The summed E-state index contributed by atoms with van der Waals surface area (Å²) < 4.78 is 0. The SMILES string of the molecule is CCCCCCCCCC(=O)O.[Rh+3]. The topological polar surface area (TPSA) is 37.3 Å². The van der Waals surface area contributed by atoms with E-state index in [1.54, 1.807) is 0 Å². The summed E-state index contributed by atoms with van der Waals surface area (Å²) in [4.78, 5) is 10.1. The first-order valence-corrected chi connectivity index (χ1v) is 4.99. The first-order valence-electron chi connectivity index (χ1n) is 4.99. The van der Waals surface area contributed by atoms with Crippen molar-refractivity contribution in [1.29, 1.82) is 0 Å². The Kier molecular flexibility index (Phi) is 14.5. The van der Waals surface area contributed by atoms with Crippen LogP contribution in [0.15, 0.2) is 0 Å². The summed E-state index contributed by atoms with van der Waals surface area (Å²) in [5, 5.41) is 8.35. The molecule has 0 radical (unpaired) electrons. The van der Waals surface area contributed by atoms with Gasteiger partial charge in [0.15, 0.2) is 0 Å². The Hall–Kier alpha value is 0.0934. The summed E-state index contributed by atoms with van der Waals surface area (Å²) in [6.07, 6.45) is 8.64. The Morgan fingerprint density at radius 2 is 1.46 bits per heavy atom. The van der Waals surface area contributed by atoms with E-state index in [0.717, 1.165) is 12.8 Å². The second-order valence-corrected chi connectivity index (χ2v) is 3.27. The maximum absolute atomic E-state index is 10.1. The molecular formula is C10H20O2Rh+3. The van der Waals surface area contributed by atoms with Crippen LogP contribution in [0.3, 0.4) is 0 Å². The zero-order valence-electron chi connectivity index (χ0n) is 8.35. The van der Waals surface area contributed by atoms with Gasteiger partial charge in [-0.15, -0.1) is 0 Å². The molecule has 0 heterocycles. The van der Waals surface area contributed by atoms with E-state index < -0.39 is 5.97 Å². The second-order valence-electron chi connectivity index (χ2n) is 3.27. The van der Waals surface area contributed by atoms with E-state index >= 15 is 0 Å². The van der Waals surface area contributed by atoms with Gasteiger partial charge in [0.1, 0.15) is 0 Å². The molecule has 0 saturated heterocycles. The van der Waals surface area contributed by atoms with E-state index in [-0.39, 0.29) is 19.5 Å². The Morgan fingerprint density at radius 1 is 1.00 bits per heavy atom. The van der Waals surface area contributed by atoms with Crippen LogP contribution >= 0.6 is 0 Å². The molecule has 0 aliphatic heterocycles. The molecule has 0 aromatic rings. The van der Waals surface area contributed by atoms with Crippen molar-refractivity contribution in [3.05, 3.63) is 0 Å². The molecule has 0 saturated carbocycles. The fourth-order valence-corrected chi connectivity index (χ4v) is 1.23. The third-order valence-electron chi connectivity index (χ3n) is 1.99. The molecule has 0 bridgehead atoms. The van der Waals surface area contributed by atoms with Gasteiger partial charge < -0.3 is 5.11 Å². The molecule has 0 aromatic heterocycles. The molecule has 3 heteroatoms. The molecule has 0 spiro atoms. The average Bonchev–Trinajstić information content (AvgIpc) is 2.02. The second kappa shape index (κ2) is 12.1. The van der Waals surface area contributed by atoms with Crippen LogP contribution in [0, 0.1) is 0 Å². The largest absolute Gasteiger partial charge is 3.00 e. The van der Waals surface area contributed by atoms with Crippen molar-refractivity contribution in [3.8, 4) is 0 Å². The average molecular weight is 275 g/mol. The van der Waals surface area contributed by atoms with Crippen LogP contribution in [-0.4, -0.2) is 11.1 Å². The molecular weight excluding hydrogens is 255 g/mol. The van der Waals surface area contributed by atoms with Crippen molar-refractivity contribution < 1.29 is 29.4 Å². The molecule has 0 atom stereocenters. The molecule has 0 amide bonds. The molecule has 0 unspecified atom stereocenters. The van der Waals surface area contributed by atoms with Crippen LogP contribution < -0.4 is 0 Å². The van der Waals surface area contributed by atoms with E-state index in [1.807, 2.05) is 0 Å². The molecule has 2 nitrogen and oxygen atoms in total. The fraction of sp³-hybridized carbons (Fsp3) is 0.900. The summed E-state index contributed by atoms with van der Waals surface area (Å²) in [7, 11) is 0. The van der Waals surface area contributed by atoms with E-state index in [9.17, 15) is 4.79 Å². The summed E-state index contributed by atoms with van der Waals surface area (Å²) >= 11 is 0. The van der Waals surface area contributed by atoms with Gasteiger partial charge in [-0.2, -0.15) is 0 Å². The first-order chi connectivity index (χ1) is 5.77. The number of aliphatic carboxylic acids is 1. The zero-order chi connectivity index (χ0) is 9.23.